The molecule has 0 radical (unpaired) electrons. The summed E-state index contributed by atoms with van der Waals surface area (Å²) in [4.78, 5) is 20.9. The van der Waals surface area contributed by atoms with Gasteiger partial charge in [-0.05, 0) is 35.4 Å². The van der Waals surface area contributed by atoms with Gasteiger partial charge in [-0.3, -0.25) is 14.1 Å². The van der Waals surface area contributed by atoms with E-state index < -0.39 is 17.6 Å². The highest BCUT2D eigenvalue weighted by atomic mass is 19.4. The first-order chi connectivity index (χ1) is 13.8. The Bertz CT molecular complexity index is 1260. The lowest BCUT2D eigenvalue weighted by molar-refractivity contribution is -0.139. The van der Waals surface area contributed by atoms with Crippen LogP contribution in [0.2, 0.25) is 0 Å². The van der Waals surface area contributed by atoms with E-state index in [9.17, 15) is 22.4 Å². The van der Waals surface area contributed by atoms with E-state index in [4.69, 9.17) is 0 Å². The lowest BCUT2D eigenvalue weighted by Crippen LogP contribution is -2.22. The summed E-state index contributed by atoms with van der Waals surface area (Å²) in [7, 11) is 1.57. The molecule has 4 rings (SSSR count). The molecule has 0 aliphatic carbocycles. The molecule has 0 unspecified atom stereocenters. The number of rotatable bonds is 3. The van der Waals surface area contributed by atoms with Crippen LogP contribution in [0.15, 0.2) is 59.8 Å². The second-order valence-corrected chi connectivity index (χ2v) is 6.55. The second-order valence-electron chi connectivity index (χ2n) is 6.55. The molecule has 0 aliphatic rings. The Morgan fingerprint density at radius 2 is 1.86 bits per heavy atom. The normalized spacial score (nSPS) is 11.9. The molecule has 0 spiro atoms. The fraction of sp³-hybridized carbons (Fsp3) is 0.150. The van der Waals surface area contributed by atoms with Gasteiger partial charge in [0.2, 0.25) is 0 Å². The van der Waals surface area contributed by atoms with E-state index in [2.05, 4.69) is 9.97 Å². The summed E-state index contributed by atoms with van der Waals surface area (Å²) in [5, 5.41) is 0. The summed E-state index contributed by atoms with van der Waals surface area (Å²) < 4.78 is 55.6. The van der Waals surface area contributed by atoms with Crippen molar-refractivity contribution in [3.05, 3.63) is 82.4 Å². The van der Waals surface area contributed by atoms with Gasteiger partial charge in [0.1, 0.15) is 5.82 Å². The van der Waals surface area contributed by atoms with Gasteiger partial charge in [-0.25, -0.2) is 14.2 Å². The molecule has 3 aromatic heterocycles. The second kappa shape index (κ2) is 6.84. The third-order valence-corrected chi connectivity index (χ3v) is 4.64. The molecule has 148 valence electrons. The van der Waals surface area contributed by atoms with E-state index >= 15 is 0 Å². The van der Waals surface area contributed by atoms with E-state index in [1.807, 2.05) is 6.07 Å². The summed E-state index contributed by atoms with van der Waals surface area (Å²) in [6, 6.07) is 7.89. The Morgan fingerprint density at radius 1 is 1.07 bits per heavy atom. The van der Waals surface area contributed by atoms with Crippen molar-refractivity contribution in [2.75, 3.05) is 0 Å². The number of benzene rings is 1. The van der Waals surface area contributed by atoms with Crippen LogP contribution in [0.3, 0.4) is 0 Å². The number of hydrogen-bond donors (Lipinski definition) is 0. The third-order valence-electron chi connectivity index (χ3n) is 4.64. The smallest absolute Gasteiger partial charge is 0.286 e. The molecular weight excluding hydrogens is 388 g/mol. The molecule has 0 atom stereocenters. The van der Waals surface area contributed by atoms with Gasteiger partial charge in [0.15, 0.2) is 5.65 Å². The van der Waals surface area contributed by atoms with E-state index in [1.54, 1.807) is 31.6 Å². The van der Waals surface area contributed by atoms with Gasteiger partial charge < -0.3 is 0 Å². The van der Waals surface area contributed by atoms with Crippen LogP contribution in [0.4, 0.5) is 17.6 Å². The number of imidazole rings is 1. The minimum Gasteiger partial charge on any atom is -0.286 e. The molecule has 0 saturated heterocycles. The molecule has 4 aromatic rings. The van der Waals surface area contributed by atoms with Crippen molar-refractivity contribution in [2.45, 2.75) is 12.7 Å². The molecule has 3 heterocycles. The van der Waals surface area contributed by atoms with Crippen LogP contribution >= 0.6 is 0 Å². The number of halogens is 4. The van der Waals surface area contributed by atoms with Crippen molar-refractivity contribution in [1.82, 2.24) is 19.1 Å². The van der Waals surface area contributed by atoms with E-state index in [-0.39, 0.29) is 17.8 Å². The number of fused-ring (bicyclic) bond motifs is 1. The maximum atomic E-state index is 13.6. The highest BCUT2D eigenvalue weighted by Crippen LogP contribution is 2.34. The summed E-state index contributed by atoms with van der Waals surface area (Å²) in [5.74, 6) is -1.34. The van der Waals surface area contributed by atoms with Gasteiger partial charge in [0.25, 0.3) is 0 Å². The van der Waals surface area contributed by atoms with Crippen LogP contribution in [0.5, 0.6) is 0 Å². The Kier molecular flexibility index (Phi) is 4.45. The van der Waals surface area contributed by atoms with Gasteiger partial charge in [0.05, 0.1) is 17.6 Å². The number of aryl methyl sites for hydroxylation is 1. The molecule has 0 aliphatic heterocycles. The largest absolute Gasteiger partial charge is 0.419 e. The molecule has 0 N–H and O–H groups in total. The molecule has 5 nitrogen and oxygen atoms in total. The number of hydrogen-bond acceptors (Lipinski definition) is 3. The van der Waals surface area contributed by atoms with Crippen molar-refractivity contribution in [1.29, 1.82) is 0 Å². The Hall–Kier alpha value is -3.49. The lowest BCUT2D eigenvalue weighted by atomic mass is 10.0. The summed E-state index contributed by atoms with van der Waals surface area (Å²) >= 11 is 0. The summed E-state index contributed by atoms with van der Waals surface area (Å²) in [6.07, 6.45) is -0.212. The van der Waals surface area contributed by atoms with Crippen molar-refractivity contribution in [3.63, 3.8) is 0 Å². The Labute approximate surface area is 161 Å². The first kappa shape index (κ1) is 18.9. The predicted molar refractivity (Wildman–Crippen MR) is 98.7 cm³/mol. The molecule has 0 saturated carbocycles. The monoisotopic (exact) mass is 402 g/mol. The van der Waals surface area contributed by atoms with Crippen LogP contribution in [0.1, 0.15) is 11.1 Å². The van der Waals surface area contributed by atoms with Crippen molar-refractivity contribution < 1.29 is 17.6 Å². The van der Waals surface area contributed by atoms with Gasteiger partial charge in [-0.1, -0.05) is 12.1 Å². The van der Waals surface area contributed by atoms with E-state index in [0.717, 1.165) is 17.7 Å². The first-order valence-corrected chi connectivity index (χ1v) is 8.57. The van der Waals surface area contributed by atoms with Crippen LogP contribution in [0, 0.1) is 5.82 Å². The lowest BCUT2D eigenvalue weighted by Gasteiger charge is -2.10. The zero-order chi connectivity index (χ0) is 20.8. The molecule has 9 heteroatoms. The number of pyridine rings is 2. The standard InChI is InChI=1S/C20H14F4N4O/c1-27-18-17(28(19(27)29)11-12-3-2-6-25-9-12)8-14(10-26-18)13-4-5-16(21)15(7-13)20(22,23)24/h2-10H,11H2,1H3. The number of aromatic nitrogens is 4. The quantitative estimate of drug-likeness (QED) is 0.487. The average Bonchev–Trinajstić information content (AvgIpc) is 2.93. The van der Waals surface area contributed by atoms with Crippen molar-refractivity contribution in [3.8, 4) is 11.1 Å². The van der Waals surface area contributed by atoms with Crippen LogP contribution < -0.4 is 5.69 Å². The molecule has 0 amide bonds. The summed E-state index contributed by atoms with van der Waals surface area (Å²) in [6.45, 7) is 0.229. The fourth-order valence-electron chi connectivity index (χ4n) is 3.18. The maximum Gasteiger partial charge on any atom is 0.419 e. The molecular formula is C20H14F4N4O. The van der Waals surface area contributed by atoms with Crippen LogP contribution in [-0.2, 0) is 19.8 Å². The van der Waals surface area contributed by atoms with Gasteiger partial charge in [-0.2, -0.15) is 13.2 Å². The molecule has 29 heavy (non-hydrogen) atoms. The molecule has 0 fully saturated rings. The van der Waals surface area contributed by atoms with Gasteiger partial charge >= 0.3 is 11.9 Å². The SMILES string of the molecule is Cn1c(=O)n(Cc2cccnc2)c2cc(-c3ccc(F)c(C(F)(F)F)c3)cnc21. The van der Waals surface area contributed by atoms with E-state index in [1.165, 1.54) is 21.4 Å². The minimum absolute atomic E-state index is 0.150. The predicted octanol–water partition coefficient (Wildman–Crippen LogP) is 4.00. The molecule has 1 aromatic carbocycles. The molecule has 0 bridgehead atoms. The van der Waals surface area contributed by atoms with Gasteiger partial charge in [-0.15, -0.1) is 0 Å². The average molecular weight is 402 g/mol. The third kappa shape index (κ3) is 3.39. The van der Waals surface area contributed by atoms with E-state index in [0.29, 0.717) is 16.7 Å². The zero-order valence-corrected chi connectivity index (χ0v) is 15.1. The maximum absolute atomic E-state index is 13.6. The fourth-order valence-corrected chi connectivity index (χ4v) is 3.18. The summed E-state index contributed by atoms with van der Waals surface area (Å²) in [5.41, 5.74) is 0.455. The van der Waals surface area contributed by atoms with Crippen molar-refractivity contribution in [2.24, 2.45) is 7.05 Å². The zero-order valence-electron chi connectivity index (χ0n) is 15.1. The van der Waals surface area contributed by atoms with Crippen molar-refractivity contribution >= 4 is 11.2 Å². The number of alkyl halides is 3. The number of nitrogens with zero attached hydrogens (tertiary/aromatic N) is 4. The minimum atomic E-state index is -4.81. The highest BCUT2D eigenvalue weighted by molar-refractivity contribution is 5.79. The Morgan fingerprint density at radius 3 is 2.55 bits per heavy atom. The van der Waals surface area contributed by atoms with Crippen LogP contribution in [0.25, 0.3) is 22.3 Å². The van der Waals surface area contributed by atoms with Crippen LogP contribution in [-0.4, -0.2) is 19.1 Å². The highest BCUT2D eigenvalue weighted by Gasteiger charge is 2.34. The Balaban J connectivity index is 1.86. The topological polar surface area (TPSA) is 52.7 Å². The first-order valence-electron chi connectivity index (χ1n) is 8.57. The van der Waals surface area contributed by atoms with Gasteiger partial charge in [0, 0.05) is 31.2 Å².